The van der Waals surface area contributed by atoms with Gasteiger partial charge in [-0.25, -0.2) is 0 Å². The normalized spacial score (nSPS) is 26.4. The van der Waals surface area contributed by atoms with Gasteiger partial charge in [0.15, 0.2) is 0 Å². The SMILES string of the molecule is O=C(c1ccc(Cl)cc1)N1CC[C@H](O)[C@@](O)(CNCCCN2CCOCC2)C1. The van der Waals surface area contributed by atoms with Crippen molar-refractivity contribution in [2.75, 3.05) is 59.0 Å². The lowest BCUT2D eigenvalue weighted by molar-refractivity contribution is -0.111. The summed E-state index contributed by atoms with van der Waals surface area (Å²) >= 11 is 5.88. The fourth-order valence-electron chi connectivity index (χ4n) is 3.74. The lowest BCUT2D eigenvalue weighted by atomic mass is 9.89. The van der Waals surface area contributed by atoms with E-state index in [-0.39, 0.29) is 19.0 Å². The van der Waals surface area contributed by atoms with Gasteiger partial charge in [-0.05, 0) is 50.2 Å². The van der Waals surface area contributed by atoms with Crippen LogP contribution in [0.4, 0.5) is 0 Å². The molecular formula is C20H30ClN3O4. The van der Waals surface area contributed by atoms with Gasteiger partial charge in [-0.1, -0.05) is 11.6 Å². The Balaban J connectivity index is 1.46. The van der Waals surface area contributed by atoms with Gasteiger partial charge in [0, 0.05) is 36.8 Å². The summed E-state index contributed by atoms with van der Waals surface area (Å²) in [4.78, 5) is 16.7. The highest BCUT2D eigenvalue weighted by atomic mass is 35.5. The number of aliphatic hydroxyl groups is 2. The summed E-state index contributed by atoms with van der Waals surface area (Å²) in [5, 5.41) is 25.1. The zero-order chi connectivity index (χ0) is 20.0. The second kappa shape index (κ2) is 10.0. The Morgan fingerprint density at radius 2 is 1.96 bits per heavy atom. The molecule has 2 heterocycles. The molecule has 2 saturated heterocycles. The molecule has 0 radical (unpaired) electrons. The largest absolute Gasteiger partial charge is 0.390 e. The third-order valence-electron chi connectivity index (χ3n) is 5.50. The van der Waals surface area contributed by atoms with Crippen molar-refractivity contribution in [2.45, 2.75) is 24.5 Å². The van der Waals surface area contributed by atoms with Crippen LogP contribution in [0.25, 0.3) is 0 Å². The van der Waals surface area contributed by atoms with Crippen molar-refractivity contribution < 1.29 is 19.7 Å². The Morgan fingerprint density at radius 1 is 1.25 bits per heavy atom. The minimum absolute atomic E-state index is 0.103. The molecule has 2 aliphatic heterocycles. The maximum absolute atomic E-state index is 12.7. The summed E-state index contributed by atoms with van der Waals surface area (Å²) in [6.45, 7) is 6.01. The summed E-state index contributed by atoms with van der Waals surface area (Å²) < 4.78 is 5.34. The highest BCUT2D eigenvalue weighted by Gasteiger charge is 2.42. The van der Waals surface area contributed by atoms with Crippen molar-refractivity contribution in [1.29, 1.82) is 0 Å². The number of amides is 1. The first-order valence-electron chi connectivity index (χ1n) is 9.94. The number of carbonyl (C=O) groups excluding carboxylic acids is 1. The Hall–Kier alpha value is -1.22. The van der Waals surface area contributed by atoms with Crippen molar-refractivity contribution in [2.24, 2.45) is 0 Å². The summed E-state index contributed by atoms with van der Waals surface area (Å²) in [6.07, 6.45) is 0.457. The van der Waals surface area contributed by atoms with Gasteiger partial charge in [0.2, 0.25) is 0 Å². The van der Waals surface area contributed by atoms with E-state index >= 15 is 0 Å². The first kappa shape index (κ1) is 21.5. The number of nitrogens with zero attached hydrogens (tertiary/aromatic N) is 2. The molecule has 28 heavy (non-hydrogen) atoms. The van der Waals surface area contributed by atoms with Gasteiger partial charge >= 0.3 is 0 Å². The highest BCUT2D eigenvalue weighted by Crippen LogP contribution is 2.23. The zero-order valence-corrected chi connectivity index (χ0v) is 16.9. The minimum Gasteiger partial charge on any atom is -0.390 e. The topological polar surface area (TPSA) is 85.3 Å². The molecule has 1 amide bonds. The summed E-state index contributed by atoms with van der Waals surface area (Å²) in [6, 6.07) is 6.71. The van der Waals surface area contributed by atoms with Crippen molar-refractivity contribution >= 4 is 17.5 Å². The van der Waals surface area contributed by atoms with Crippen LogP contribution >= 0.6 is 11.6 Å². The van der Waals surface area contributed by atoms with E-state index in [2.05, 4.69) is 10.2 Å². The van der Waals surface area contributed by atoms with Crippen LogP contribution in [0.1, 0.15) is 23.2 Å². The predicted octanol–water partition coefficient (Wildman–Crippen LogP) is 0.590. The number of aliphatic hydroxyl groups excluding tert-OH is 1. The average Bonchev–Trinajstić information content (AvgIpc) is 2.71. The number of benzene rings is 1. The molecule has 1 aromatic carbocycles. The molecule has 7 nitrogen and oxygen atoms in total. The van der Waals surface area contributed by atoms with Crippen LogP contribution in [-0.4, -0.2) is 96.7 Å². The lowest BCUT2D eigenvalue weighted by Gasteiger charge is -2.43. The fraction of sp³-hybridized carbons (Fsp3) is 0.650. The molecule has 0 saturated carbocycles. The van der Waals surface area contributed by atoms with Gasteiger partial charge in [-0.2, -0.15) is 0 Å². The van der Waals surface area contributed by atoms with Crippen molar-refractivity contribution in [3.63, 3.8) is 0 Å². The standard InChI is InChI=1S/C20H30ClN3O4/c21-17-4-2-16(3-5-17)19(26)24-9-6-18(25)20(27,15-24)14-22-7-1-8-23-10-12-28-13-11-23/h2-5,18,22,25,27H,1,6-15H2/t18-,20+/m0/s1. The zero-order valence-electron chi connectivity index (χ0n) is 16.1. The van der Waals surface area contributed by atoms with Crippen molar-refractivity contribution in [3.8, 4) is 0 Å². The lowest BCUT2D eigenvalue weighted by Crippen LogP contribution is -2.62. The minimum atomic E-state index is -1.35. The first-order valence-corrected chi connectivity index (χ1v) is 10.3. The molecule has 3 rings (SSSR count). The van der Waals surface area contributed by atoms with E-state index < -0.39 is 11.7 Å². The molecule has 8 heteroatoms. The number of hydrogen-bond donors (Lipinski definition) is 3. The number of hydrogen-bond acceptors (Lipinski definition) is 6. The Kier molecular flexibility index (Phi) is 7.68. The van der Waals surface area contributed by atoms with Crippen LogP contribution < -0.4 is 5.32 Å². The Labute approximate surface area is 171 Å². The number of ether oxygens (including phenoxy) is 1. The molecule has 1 aromatic rings. The van der Waals surface area contributed by atoms with Crippen molar-refractivity contribution in [3.05, 3.63) is 34.9 Å². The summed E-state index contributed by atoms with van der Waals surface area (Å²) in [5.41, 5.74) is -0.819. The third kappa shape index (κ3) is 5.65. The number of rotatable bonds is 7. The molecule has 2 fully saturated rings. The van der Waals surface area contributed by atoms with Crippen LogP contribution in [0.15, 0.2) is 24.3 Å². The highest BCUT2D eigenvalue weighted by molar-refractivity contribution is 6.30. The molecule has 0 unspecified atom stereocenters. The number of nitrogens with one attached hydrogen (secondary N) is 1. The van der Waals surface area contributed by atoms with Gasteiger partial charge in [0.1, 0.15) is 5.60 Å². The smallest absolute Gasteiger partial charge is 0.253 e. The number of piperidine rings is 1. The van der Waals surface area contributed by atoms with Gasteiger partial charge in [-0.15, -0.1) is 0 Å². The molecule has 0 bridgehead atoms. The maximum Gasteiger partial charge on any atom is 0.253 e. The fourth-order valence-corrected chi connectivity index (χ4v) is 3.87. The number of halogens is 1. The number of β-amino-alcohol motifs (C(OH)–C–C–N with tert-alkyl or cyclic N) is 1. The quantitative estimate of drug-likeness (QED) is 0.569. The maximum atomic E-state index is 12.7. The predicted molar refractivity (Wildman–Crippen MR) is 108 cm³/mol. The average molecular weight is 412 g/mol. The van der Waals surface area contributed by atoms with E-state index in [1.54, 1.807) is 29.2 Å². The molecule has 0 aromatic heterocycles. The summed E-state index contributed by atoms with van der Waals surface area (Å²) in [7, 11) is 0. The van der Waals surface area contributed by atoms with Crippen LogP contribution in [0.2, 0.25) is 5.02 Å². The van der Waals surface area contributed by atoms with Crippen LogP contribution in [-0.2, 0) is 4.74 Å². The van der Waals surface area contributed by atoms with E-state index in [0.717, 1.165) is 45.8 Å². The van der Waals surface area contributed by atoms with Gasteiger partial charge in [-0.3, -0.25) is 9.69 Å². The Bertz CT molecular complexity index is 639. The molecule has 0 aliphatic carbocycles. The first-order chi connectivity index (χ1) is 13.5. The monoisotopic (exact) mass is 411 g/mol. The van der Waals surface area contributed by atoms with Gasteiger partial charge < -0.3 is 25.2 Å². The van der Waals surface area contributed by atoms with E-state index in [9.17, 15) is 15.0 Å². The second-order valence-electron chi connectivity index (χ2n) is 7.63. The number of morpholine rings is 1. The van der Waals surface area contributed by atoms with E-state index in [0.29, 0.717) is 23.6 Å². The molecule has 0 spiro atoms. The van der Waals surface area contributed by atoms with E-state index in [1.807, 2.05) is 0 Å². The van der Waals surface area contributed by atoms with Crippen molar-refractivity contribution in [1.82, 2.24) is 15.1 Å². The van der Waals surface area contributed by atoms with Gasteiger partial charge in [0.05, 0.1) is 25.9 Å². The molecule has 3 N–H and O–H groups in total. The second-order valence-corrected chi connectivity index (χ2v) is 8.06. The molecule has 156 valence electrons. The summed E-state index contributed by atoms with van der Waals surface area (Å²) in [5.74, 6) is -0.158. The van der Waals surface area contributed by atoms with Crippen LogP contribution in [0.3, 0.4) is 0 Å². The number of carbonyl (C=O) groups is 1. The van der Waals surface area contributed by atoms with Crippen LogP contribution in [0.5, 0.6) is 0 Å². The molecular weight excluding hydrogens is 382 g/mol. The third-order valence-corrected chi connectivity index (χ3v) is 5.75. The van der Waals surface area contributed by atoms with Gasteiger partial charge in [0.25, 0.3) is 5.91 Å². The van der Waals surface area contributed by atoms with E-state index in [4.69, 9.17) is 16.3 Å². The Morgan fingerprint density at radius 3 is 2.68 bits per heavy atom. The molecule has 2 atom stereocenters. The number of likely N-dealkylation sites (tertiary alicyclic amines) is 1. The van der Waals surface area contributed by atoms with E-state index in [1.165, 1.54) is 0 Å². The molecule has 2 aliphatic rings. The van der Waals surface area contributed by atoms with Crippen LogP contribution in [0, 0.1) is 0 Å².